The zero-order chi connectivity index (χ0) is 14.4. The quantitative estimate of drug-likeness (QED) is 0.783. The number of aryl methyl sites for hydroxylation is 1. The Morgan fingerprint density at radius 1 is 1.00 bits per heavy atom. The number of hydrogen-bond acceptors (Lipinski definition) is 1. The smallest absolute Gasteiger partial charge is 0.230 e. The molecule has 1 amide bonds. The minimum Gasteiger partial charge on any atom is -0.342 e. The van der Waals surface area contributed by atoms with Crippen LogP contribution in [0.25, 0.3) is 0 Å². The van der Waals surface area contributed by atoms with Crippen LogP contribution in [0.3, 0.4) is 0 Å². The van der Waals surface area contributed by atoms with Crippen molar-refractivity contribution < 1.29 is 4.79 Å². The summed E-state index contributed by atoms with van der Waals surface area (Å²) in [6, 6.07) is 19.3. The third kappa shape index (κ3) is 1.82. The van der Waals surface area contributed by atoms with Gasteiger partial charge in [-0.1, -0.05) is 54.6 Å². The standard InChI is InChI=1S/C19H19NO/c1-20-16-12-11-13-7-5-6-10-15(13)18(16)17(19(20)21)14-8-3-2-4-9-14/h2-10,16-18H,11-12H2,1H3/t16-,17-,18+/m1/s1. The number of amides is 1. The molecule has 2 aromatic carbocycles. The third-order valence-corrected chi connectivity index (χ3v) is 5.17. The lowest BCUT2D eigenvalue weighted by Crippen LogP contribution is -2.33. The van der Waals surface area contributed by atoms with Crippen LogP contribution in [0.2, 0.25) is 0 Å². The number of likely N-dealkylation sites (tertiary alicyclic amines) is 1. The Morgan fingerprint density at radius 2 is 1.71 bits per heavy atom. The van der Waals surface area contributed by atoms with Gasteiger partial charge in [0.2, 0.25) is 5.91 Å². The van der Waals surface area contributed by atoms with Gasteiger partial charge >= 0.3 is 0 Å². The van der Waals surface area contributed by atoms with E-state index in [0.717, 1.165) is 18.4 Å². The van der Waals surface area contributed by atoms with Crippen LogP contribution in [0.5, 0.6) is 0 Å². The first kappa shape index (κ1) is 12.6. The van der Waals surface area contributed by atoms with Crippen molar-refractivity contribution in [3.63, 3.8) is 0 Å². The normalized spacial score (nSPS) is 27.4. The van der Waals surface area contributed by atoms with Gasteiger partial charge in [-0.05, 0) is 29.5 Å². The molecule has 0 unspecified atom stereocenters. The average Bonchev–Trinajstić information content (AvgIpc) is 2.80. The number of hydrogen-bond donors (Lipinski definition) is 0. The number of carbonyl (C=O) groups excluding carboxylic acids is 1. The fraction of sp³-hybridized carbons (Fsp3) is 0.316. The number of likely N-dealkylation sites (N-methyl/N-ethyl adjacent to an activating group) is 1. The van der Waals surface area contributed by atoms with Crippen LogP contribution in [0.1, 0.15) is 34.9 Å². The summed E-state index contributed by atoms with van der Waals surface area (Å²) >= 11 is 0. The average molecular weight is 277 g/mol. The van der Waals surface area contributed by atoms with Gasteiger partial charge in [0, 0.05) is 19.0 Å². The second kappa shape index (κ2) is 4.73. The third-order valence-electron chi connectivity index (χ3n) is 5.17. The van der Waals surface area contributed by atoms with Gasteiger partial charge in [-0.15, -0.1) is 0 Å². The van der Waals surface area contributed by atoms with Gasteiger partial charge in [-0.3, -0.25) is 4.79 Å². The summed E-state index contributed by atoms with van der Waals surface area (Å²) in [5, 5.41) is 0. The highest BCUT2D eigenvalue weighted by Crippen LogP contribution is 2.49. The maximum Gasteiger partial charge on any atom is 0.230 e. The van der Waals surface area contributed by atoms with Crippen LogP contribution >= 0.6 is 0 Å². The van der Waals surface area contributed by atoms with Crippen molar-refractivity contribution in [2.45, 2.75) is 30.7 Å². The molecular formula is C19H19NO. The molecule has 0 saturated carbocycles. The first-order valence-corrected chi connectivity index (χ1v) is 7.67. The van der Waals surface area contributed by atoms with Crippen molar-refractivity contribution in [3.8, 4) is 0 Å². The molecule has 4 rings (SSSR count). The van der Waals surface area contributed by atoms with Crippen molar-refractivity contribution >= 4 is 5.91 Å². The molecule has 21 heavy (non-hydrogen) atoms. The Bertz CT molecular complexity index is 679. The van der Waals surface area contributed by atoms with E-state index in [1.54, 1.807) is 0 Å². The summed E-state index contributed by atoms with van der Waals surface area (Å²) in [4.78, 5) is 14.8. The van der Waals surface area contributed by atoms with Crippen molar-refractivity contribution in [2.75, 3.05) is 7.05 Å². The second-order valence-corrected chi connectivity index (χ2v) is 6.17. The van der Waals surface area contributed by atoms with E-state index in [9.17, 15) is 4.79 Å². The maximum absolute atomic E-state index is 12.8. The van der Waals surface area contributed by atoms with Crippen molar-refractivity contribution in [1.82, 2.24) is 4.90 Å². The molecule has 106 valence electrons. The minimum absolute atomic E-state index is 0.0253. The van der Waals surface area contributed by atoms with Gasteiger partial charge in [-0.25, -0.2) is 0 Å². The second-order valence-electron chi connectivity index (χ2n) is 6.17. The predicted molar refractivity (Wildman–Crippen MR) is 83.2 cm³/mol. The predicted octanol–water partition coefficient (Wildman–Crippen LogP) is 3.34. The van der Waals surface area contributed by atoms with E-state index in [0.29, 0.717) is 12.0 Å². The zero-order valence-corrected chi connectivity index (χ0v) is 12.2. The molecular weight excluding hydrogens is 258 g/mol. The van der Waals surface area contributed by atoms with E-state index in [1.165, 1.54) is 11.1 Å². The lowest BCUT2D eigenvalue weighted by molar-refractivity contribution is -0.128. The molecule has 1 aliphatic heterocycles. The summed E-state index contributed by atoms with van der Waals surface area (Å²) in [6.07, 6.45) is 2.16. The van der Waals surface area contributed by atoms with E-state index < -0.39 is 0 Å². The Labute approximate surface area is 125 Å². The van der Waals surface area contributed by atoms with E-state index in [2.05, 4.69) is 36.4 Å². The lowest BCUT2D eigenvalue weighted by Gasteiger charge is -2.32. The number of benzene rings is 2. The molecule has 0 bridgehead atoms. The summed E-state index contributed by atoms with van der Waals surface area (Å²) in [5.74, 6) is 0.547. The van der Waals surface area contributed by atoms with Crippen LogP contribution in [0.15, 0.2) is 54.6 Å². The van der Waals surface area contributed by atoms with Crippen LogP contribution in [-0.2, 0) is 11.2 Å². The van der Waals surface area contributed by atoms with Crippen molar-refractivity contribution in [2.24, 2.45) is 0 Å². The first-order chi connectivity index (χ1) is 10.3. The van der Waals surface area contributed by atoms with Gasteiger partial charge < -0.3 is 4.90 Å². The number of nitrogens with zero attached hydrogens (tertiary/aromatic N) is 1. The monoisotopic (exact) mass is 277 g/mol. The molecule has 0 radical (unpaired) electrons. The molecule has 2 aromatic rings. The molecule has 2 heteroatoms. The van der Waals surface area contributed by atoms with E-state index in [-0.39, 0.29) is 11.8 Å². The molecule has 0 spiro atoms. The molecule has 0 N–H and O–H groups in total. The fourth-order valence-electron chi connectivity index (χ4n) is 4.16. The van der Waals surface area contributed by atoms with Crippen LogP contribution < -0.4 is 0 Å². The summed E-state index contributed by atoms with van der Waals surface area (Å²) in [7, 11) is 1.97. The first-order valence-electron chi connectivity index (χ1n) is 7.67. The van der Waals surface area contributed by atoms with Gasteiger partial charge in [0.25, 0.3) is 0 Å². The molecule has 1 heterocycles. The Kier molecular flexibility index (Phi) is 2.85. The van der Waals surface area contributed by atoms with Crippen LogP contribution in [-0.4, -0.2) is 23.9 Å². The van der Waals surface area contributed by atoms with Gasteiger partial charge in [0.05, 0.1) is 5.92 Å². The maximum atomic E-state index is 12.8. The Hall–Kier alpha value is -2.09. The zero-order valence-electron chi connectivity index (χ0n) is 12.2. The molecule has 0 aromatic heterocycles. The molecule has 2 nitrogen and oxygen atoms in total. The molecule has 2 aliphatic rings. The molecule has 3 atom stereocenters. The van der Waals surface area contributed by atoms with Gasteiger partial charge in [0.1, 0.15) is 0 Å². The Morgan fingerprint density at radius 3 is 2.52 bits per heavy atom. The number of rotatable bonds is 1. The summed E-state index contributed by atoms with van der Waals surface area (Å²) in [6.45, 7) is 0. The molecule has 1 fully saturated rings. The topological polar surface area (TPSA) is 20.3 Å². The highest BCUT2D eigenvalue weighted by molar-refractivity contribution is 5.88. The summed E-state index contributed by atoms with van der Waals surface area (Å²) in [5.41, 5.74) is 3.95. The SMILES string of the molecule is CN1C(=O)[C@H](c2ccccc2)[C@H]2c3ccccc3CC[C@H]21. The van der Waals surface area contributed by atoms with Gasteiger partial charge in [0.15, 0.2) is 0 Å². The van der Waals surface area contributed by atoms with Crippen LogP contribution in [0.4, 0.5) is 0 Å². The highest BCUT2D eigenvalue weighted by Gasteiger charge is 2.49. The molecule has 1 aliphatic carbocycles. The highest BCUT2D eigenvalue weighted by atomic mass is 16.2. The van der Waals surface area contributed by atoms with E-state index >= 15 is 0 Å². The van der Waals surface area contributed by atoms with E-state index in [4.69, 9.17) is 0 Å². The van der Waals surface area contributed by atoms with Crippen molar-refractivity contribution in [3.05, 3.63) is 71.3 Å². The van der Waals surface area contributed by atoms with Gasteiger partial charge in [-0.2, -0.15) is 0 Å². The van der Waals surface area contributed by atoms with Crippen LogP contribution in [0, 0.1) is 0 Å². The fourth-order valence-corrected chi connectivity index (χ4v) is 4.16. The van der Waals surface area contributed by atoms with Crippen molar-refractivity contribution in [1.29, 1.82) is 0 Å². The largest absolute Gasteiger partial charge is 0.342 e. The number of fused-ring (bicyclic) bond motifs is 3. The Balaban J connectivity index is 1.86. The summed E-state index contributed by atoms with van der Waals surface area (Å²) < 4.78 is 0. The molecule has 1 saturated heterocycles. The number of carbonyl (C=O) groups is 1. The lowest BCUT2D eigenvalue weighted by atomic mass is 9.73. The van der Waals surface area contributed by atoms with E-state index in [1.807, 2.05) is 30.1 Å². The minimum atomic E-state index is -0.0253.